The van der Waals surface area contributed by atoms with Crippen LogP contribution in [0.4, 0.5) is 4.79 Å². The minimum atomic E-state index is -1.02. The van der Waals surface area contributed by atoms with Gasteiger partial charge in [-0.3, -0.25) is 4.90 Å². The van der Waals surface area contributed by atoms with E-state index in [0.717, 1.165) is 5.56 Å². The highest BCUT2D eigenvalue weighted by Gasteiger charge is 2.52. The largest absolute Gasteiger partial charge is 0.467 e. The molecule has 0 spiro atoms. The number of likely N-dealkylation sites (tertiary alicyclic amines) is 1. The monoisotopic (exact) mass is 319 g/mol. The number of ether oxygens (including phenoxy) is 2. The Morgan fingerprint density at radius 3 is 2.35 bits per heavy atom. The zero-order valence-electron chi connectivity index (χ0n) is 14.5. The summed E-state index contributed by atoms with van der Waals surface area (Å²) in [6.45, 7) is 7.61. The van der Waals surface area contributed by atoms with Crippen LogP contribution in [-0.4, -0.2) is 41.8 Å². The van der Waals surface area contributed by atoms with Crippen molar-refractivity contribution in [1.29, 1.82) is 0 Å². The van der Waals surface area contributed by atoms with E-state index in [1.165, 1.54) is 12.0 Å². The highest BCUT2D eigenvalue weighted by atomic mass is 16.6. The van der Waals surface area contributed by atoms with Gasteiger partial charge in [-0.25, -0.2) is 9.59 Å². The standard InChI is InChI=1S/C18H25NO4/c1-17(2,3)23-16(21)19-12-14(13-9-7-6-8-10-13)11-18(19,4)15(20)22-5/h6-10,14H,11-12H2,1-5H3/t14-,18+/m1/s1. The van der Waals surface area contributed by atoms with E-state index in [1.54, 1.807) is 6.92 Å². The lowest BCUT2D eigenvalue weighted by Gasteiger charge is -2.33. The minimum absolute atomic E-state index is 0.0767. The molecule has 0 unspecified atom stereocenters. The molecule has 1 aromatic carbocycles. The third-order valence-corrected chi connectivity index (χ3v) is 4.15. The third kappa shape index (κ3) is 3.66. The van der Waals surface area contributed by atoms with Gasteiger partial charge in [-0.1, -0.05) is 30.3 Å². The van der Waals surface area contributed by atoms with E-state index < -0.39 is 23.2 Å². The maximum absolute atomic E-state index is 12.6. The van der Waals surface area contributed by atoms with Crippen LogP contribution in [0.5, 0.6) is 0 Å². The number of rotatable bonds is 2. The van der Waals surface area contributed by atoms with Gasteiger partial charge < -0.3 is 9.47 Å². The lowest BCUT2D eigenvalue weighted by molar-refractivity contribution is -0.152. The van der Waals surface area contributed by atoms with Gasteiger partial charge in [0, 0.05) is 12.5 Å². The molecule has 1 aliphatic heterocycles. The molecule has 5 nitrogen and oxygen atoms in total. The Labute approximate surface area is 137 Å². The van der Waals surface area contributed by atoms with E-state index in [0.29, 0.717) is 13.0 Å². The molecule has 0 radical (unpaired) electrons. The number of amides is 1. The Balaban J connectivity index is 2.30. The van der Waals surface area contributed by atoms with Gasteiger partial charge in [-0.05, 0) is 39.7 Å². The van der Waals surface area contributed by atoms with Crippen molar-refractivity contribution in [2.24, 2.45) is 0 Å². The van der Waals surface area contributed by atoms with Crippen LogP contribution < -0.4 is 0 Å². The van der Waals surface area contributed by atoms with Crippen molar-refractivity contribution < 1.29 is 19.1 Å². The molecular weight excluding hydrogens is 294 g/mol. The van der Waals surface area contributed by atoms with Gasteiger partial charge in [0.05, 0.1) is 7.11 Å². The molecule has 1 aromatic rings. The average molecular weight is 319 g/mol. The van der Waals surface area contributed by atoms with Crippen molar-refractivity contribution in [2.45, 2.75) is 51.2 Å². The van der Waals surface area contributed by atoms with Gasteiger partial charge >= 0.3 is 12.1 Å². The molecule has 1 saturated heterocycles. The fourth-order valence-corrected chi connectivity index (χ4v) is 3.03. The summed E-state index contributed by atoms with van der Waals surface area (Å²) in [6, 6.07) is 9.90. The molecule has 0 aromatic heterocycles. The van der Waals surface area contributed by atoms with Crippen molar-refractivity contribution in [3.8, 4) is 0 Å². The molecule has 1 fully saturated rings. The number of methoxy groups -OCH3 is 1. The molecule has 0 bridgehead atoms. The molecule has 1 amide bonds. The molecule has 5 heteroatoms. The smallest absolute Gasteiger partial charge is 0.411 e. The molecule has 0 saturated carbocycles. The Morgan fingerprint density at radius 2 is 1.83 bits per heavy atom. The molecular formula is C18H25NO4. The third-order valence-electron chi connectivity index (χ3n) is 4.15. The fraction of sp³-hybridized carbons (Fsp3) is 0.556. The van der Waals surface area contributed by atoms with Crippen LogP contribution >= 0.6 is 0 Å². The Kier molecular flexibility index (Phi) is 4.68. The minimum Gasteiger partial charge on any atom is -0.467 e. The zero-order valence-corrected chi connectivity index (χ0v) is 14.5. The summed E-state index contributed by atoms with van der Waals surface area (Å²) in [5.41, 5.74) is -0.523. The number of nitrogens with zero attached hydrogens (tertiary/aromatic N) is 1. The van der Waals surface area contributed by atoms with Crippen molar-refractivity contribution in [1.82, 2.24) is 4.90 Å². The summed E-state index contributed by atoms with van der Waals surface area (Å²) in [6.07, 6.45) is 0.0342. The van der Waals surface area contributed by atoms with E-state index >= 15 is 0 Å². The summed E-state index contributed by atoms with van der Waals surface area (Å²) in [7, 11) is 1.34. The van der Waals surface area contributed by atoms with E-state index in [1.807, 2.05) is 51.1 Å². The Hall–Kier alpha value is -2.04. The SMILES string of the molecule is COC(=O)[C@]1(C)C[C@@H](c2ccccc2)CN1C(=O)OC(C)(C)C. The first-order chi connectivity index (χ1) is 10.7. The van der Waals surface area contributed by atoms with Crippen LogP contribution in [0, 0.1) is 0 Å². The van der Waals surface area contributed by atoms with E-state index in [9.17, 15) is 9.59 Å². The van der Waals surface area contributed by atoms with Gasteiger partial charge in [0.1, 0.15) is 11.1 Å². The van der Waals surface area contributed by atoms with Crippen LogP contribution in [-0.2, 0) is 14.3 Å². The molecule has 1 aliphatic rings. The summed E-state index contributed by atoms with van der Waals surface area (Å²) < 4.78 is 10.4. The molecule has 2 atom stereocenters. The maximum atomic E-state index is 12.6. The first-order valence-corrected chi connectivity index (χ1v) is 7.81. The van der Waals surface area contributed by atoms with Gasteiger partial charge in [0.15, 0.2) is 0 Å². The van der Waals surface area contributed by atoms with Crippen LogP contribution in [0.2, 0.25) is 0 Å². The predicted octanol–water partition coefficient (Wildman–Crippen LogP) is 3.34. The van der Waals surface area contributed by atoms with Gasteiger partial charge in [-0.15, -0.1) is 0 Å². The molecule has 23 heavy (non-hydrogen) atoms. The number of carbonyl (C=O) groups is 2. The number of hydrogen-bond donors (Lipinski definition) is 0. The summed E-state index contributed by atoms with van der Waals surface area (Å²) in [5.74, 6) is -0.338. The summed E-state index contributed by atoms with van der Waals surface area (Å²) in [4.78, 5) is 26.4. The highest BCUT2D eigenvalue weighted by molar-refractivity contribution is 5.86. The van der Waals surface area contributed by atoms with Crippen LogP contribution in [0.3, 0.4) is 0 Å². The molecule has 0 N–H and O–H groups in total. The van der Waals surface area contributed by atoms with Gasteiger partial charge in [-0.2, -0.15) is 0 Å². The highest BCUT2D eigenvalue weighted by Crippen LogP contribution is 2.40. The molecule has 1 heterocycles. The second kappa shape index (κ2) is 6.22. The normalized spacial score (nSPS) is 24.4. The second-order valence-corrected chi connectivity index (χ2v) is 7.17. The van der Waals surface area contributed by atoms with Crippen molar-refractivity contribution >= 4 is 12.1 Å². The first-order valence-electron chi connectivity index (χ1n) is 7.81. The average Bonchev–Trinajstić information content (AvgIpc) is 2.85. The first kappa shape index (κ1) is 17.3. The van der Waals surface area contributed by atoms with Crippen molar-refractivity contribution in [3.63, 3.8) is 0 Å². The van der Waals surface area contributed by atoms with Crippen molar-refractivity contribution in [2.75, 3.05) is 13.7 Å². The fourth-order valence-electron chi connectivity index (χ4n) is 3.03. The van der Waals surface area contributed by atoms with E-state index in [4.69, 9.17) is 9.47 Å². The predicted molar refractivity (Wildman–Crippen MR) is 87.2 cm³/mol. The number of carbonyl (C=O) groups excluding carboxylic acids is 2. The summed E-state index contributed by atoms with van der Waals surface area (Å²) >= 11 is 0. The second-order valence-electron chi connectivity index (χ2n) is 7.17. The topological polar surface area (TPSA) is 55.8 Å². The van der Waals surface area contributed by atoms with Gasteiger partial charge in [0.25, 0.3) is 0 Å². The molecule has 126 valence electrons. The van der Waals surface area contributed by atoms with Crippen LogP contribution in [0.1, 0.15) is 45.6 Å². The van der Waals surface area contributed by atoms with Crippen LogP contribution in [0.25, 0.3) is 0 Å². The van der Waals surface area contributed by atoms with Gasteiger partial charge in [0.2, 0.25) is 0 Å². The molecule has 2 rings (SSSR count). The number of benzene rings is 1. The van der Waals surface area contributed by atoms with Crippen molar-refractivity contribution in [3.05, 3.63) is 35.9 Å². The zero-order chi connectivity index (χ0) is 17.3. The summed E-state index contributed by atoms with van der Waals surface area (Å²) in [5, 5.41) is 0. The maximum Gasteiger partial charge on any atom is 0.411 e. The number of hydrogen-bond acceptors (Lipinski definition) is 4. The number of esters is 1. The quantitative estimate of drug-likeness (QED) is 0.785. The Bertz CT molecular complexity index is 578. The Morgan fingerprint density at radius 1 is 1.22 bits per heavy atom. The van der Waals surface area contributed by atoms with E-state index in [2.05, 4.69) is 0 Å². The lowest BCUT2D eigenvalue weighted by atomic mass is 9.90. The molecule has 0 aliphatic carbocycles. The lowest BCUT2D eigenvalue weighted by Crippen LogP contribution is -2.52. The van der Waals surface area contributed by atoms with E-state index in [-0.39, 0.29) is 5.92 Å². The van der Waals surface area contributed by atoms with Crippen LogP contribution in [0.15, 0.2) is 30.3 Å².